The molecule has 0 aliphatic carbocycles. The van der Waals surface area contributed by atoms with Crippen LogP contribution in [0.3, 0.4) is 0 Å². The zero-order valence-corrected chi connectivity index (χ0v) is 11.9. The van der Waals surface area contributed by atoms with Gasteiger partial charge in [-0.1, -0.05) is 0 Å². The van der Waals surface area contributed by atoms with Gasteiger partial charge in [0.05, 0.1) is 6.04 Å². The molecule has 1 aromatic heterocycles. The van der Waals surface area contributed by atoms with Crippen molar-refractivity contribution in [2.45, 2.75) is 25.8 Å². The van der Waals surface area contributed by atoms with Crippen LogP contribution in [0.15, 0.2) is 21.2 Å². The largest absolute Gasteiger partial charge is 0.453 e. The Bertz CT molecular complexity index is 299. The number of hydrogen-bond donors (Lipinski definition) is 1. The molecule has 1 rings (SSSR count). The van der Waals surface area contributed by atoms with Crippen LogP contribution in [0.5, 0.6) is 0 Å². The van der Waals surface area contributed by atoms with E-state index in [9.17, 15) is 0 Å². The summed E-state index contributed by atoms with van der Waals surface area (Å²) < 4.78 is 6.28. The van der Waals surface area contributed by atoms with Crippen molar-refractivity contribution < 1.29 is 4.42 Å². The van der Waals surface area contributed by atoms with E-state index in [1.54, 1.807) is 0 Å². The topological polar surface area (TPSA) is 28.4 Å². The Hall–Kier alpha value is -0.320. The normalized spacial score (nSPS) is 13.3. The Labute approximate surface area is 106 Å². The van der Waals surface area contributed by atoms with Gasteiger partial charge in [-0.15, -0.1) is 0 Å². The number of nitrogens with zero attached hydrogens (tertiary/aromatic N) is 1. The Kier molecular flexibility index (Phi) is 6.09. The monoisotopic (exact) mass is 288 g/mol. The van der Waals surface area contributed by atoms with Crippen LogP contribution in [-0.4, -0.2) is 32.1 Å². The number of halogens is 1. The lowest BCUT2D eigenvalue weighted by molar-refractivity contribution is 0.380. The quantitative estimate of drug-likeness (QED) is 0.782. The van der Waals surface area contributed by atoms with Gasteiger partial charge in [0.25, 0.3) is 0 Å². The molecule has 92 valence electrons. The second-order valence-corrected chi connectivity index (χ2v) is 5.11. The maximum atomic E-state index is 5.49. The minimum atomic E-state index is 0.283. The molecule has 1 unspecified atom stereocenters. The van der Waals surface area contributed by atoms with Crippen molar-refractivity contribution in [3.05, 3.63) is 22.6 Å². The molecule has 0 aromatic carbocycles. The lowest BCUT2D eigenvalue weighted by Gasteiger charge is -2.12. The maximum Gasteiger partial charge on any atom is 0.169 e. The third-order valence-corrected chi connectivity index (χ3v) is 2.93. The SMILES string of the molecule is CC(NCCCCN(C)C)c1ccc(Br)o1. The molecule has 0 saturated carbocycles. The van der Waals surface area contributed by atoms with Crippen LogP contribution < -0.4 is 5.32 Å². The molecule has 0 saturated heterocycles. The number of unbranched alkanes of at least 4 members (excludes halogenated alkanes) is 1. The highest BCUT2D eigenvalue weighted by molar-refractivity contribution is 9.10. The maximum absolute atomic E-state index is 5.49. The van der Waals surface area contributed by atoms with Crippen molar-refractivity contribution >= 4 is 15.9 Å². The van der Waals surface area contributed by atoms with Gasteiger partial charge in [-0.25, -0.2) is 0 Å². The lowest BCUT2D eigenvalue weighted by Crippen LogP contribution is -2.21. The summed E-state index contributed by atoms with van der Waals surface area (Å²) in [4.78, 5) is 2.22. The summed E-state index contributed by atoms with van der Waals surface area (Å²) >= 11 is 3.31. The Balaban J connectivity index is 2.13. The fourth-order valence-electron chi connectivity index (χ4n) is 1.53. The van der Waals surface area contributed by atoms with Crippen molar-refractivity contribution in [3.63, 3.8) is 0 Å². The molecule has 0 amide bonds. The number of nitrogens with one attached hydrogen (secondary N) is 1. The summed E-state index contributed by atoms with van der Waals surface area (Å²) in [6.45, 7) is 4.31. The zero-order valence-electron chi connectivity index (χ0n) is 10.3. The highest BCUT2D eigenvalue weighted by Crippen LogP contribution is 2.19. The Morgan fingerprint density at radius 3 is 2.69 bits per heavy atom. The van der Waals surface area contributed by atoms with Gasteiger partial charge in [0.15, 0.2) is 4.67 Å². The van der Waals surface area contributed by atoms with E-state index < -0.39 is 0 Å². The van der Waals surface area contributed by atoms with Gasteiger partial charge in [0.1, 0.15) is 5.76 Å². The van der Waals surface area contributed by atoms with Crippen molar-refractivity contribution in [2.75, 3.05) is 27.2 Å². The molecule has 3 nitrogen and oxygen atoms in total. The molecule has 0 fully saturated rings. The van der Waals surface area contributed by atoms with Crippen molar-refractivity contribution in [1.82, 2.24) is 10.2 Å². The van der Waals surface area contributed by atoms with Crippen LogP contribution in [0.25, 0.3) is 0 Å². The van der Waals surface area contributed by atoms with Crippen LogP contribution in [-0.2, 0) is 0 Å². The average Bonchev–Trinajstić information content (AvgIpc) is 2.63. The summed E-state index contributed by atoms with van der Waals surface area (Å²) in [5.41, 5.74) is 0. The molecule has 0 bridgehead atoms. The fraction of sp³-hybridized carbons (Fsp3) is 0.667. The zero-order chi connectivity index (χ0) is 12.0. The third-order valence-electron chi connectivity index (χ3n) is 2.50. The fourth-order valence-corrected chi connectivity index (χ4v) is 1.85. The van der Waals surface area contributed by atoms with Gasteiger partial charge in [-0.05, 0) is 75.0 Å². The highest BCUT2D eigenvalue weighted by atomic mass is 79.9. The number of hydrogen-bond acceptors (Lipinski definition) is 3. The van der Waals surface area contributed by atoms with Crippen molar-refractivity contribution in [1.29, 1.82) is 0 Å². The molecule has 0 aliphatic heterocycles. The Morgan fingerprint density at radius 1 is 1.38 bits per heavy atom. The molecule has 1 atom stereocenters. The molecule has 4 heteroatoms. The standard InChI is InChI=1S/C12H21BrN2O/c1-10(11-6-7-12(13)16-11)14-8-4-5-9-15(2)3/h6-7,10,14H,4-5,8-9H2,1-3H3. The molecular formula is C12H21BrN2O. The first-order valence-electron chi connectivity index (χ1n) is 5.73. The van der Waals surface area contributed by atoms with E-state index in [2.05, 4.69) is 47.2 Å². The van der Waals surface area contributed by atoms with E-state index in [0.717, 1.165) is 23.5 Å². The van der Waals surface area contributed by atoms with Gasteiger partial charge in [0.2, 0.25) is 0 Å². The van der Waals surface area contributed by atoms with Crippen LogP contribution in [0.1, 0.15) is 31.6 Å². The molecule has 0 radical (unpaired) electrons. The summed E-state index contributed by atoms with van der Waals surface area (Å²) in [6.07, 6.45) is 2.43. The molecular weight excluding hydrogens is 268 g/mol. The van der Waals surface area contributed by atoms with Gasteiger partial charge < -0.3 is 14.6 Å². The van der Waals surface area contributed by atoms with E-state index in [0.29, 0.717) is 0 Å². The van der Waals surface area contributed by atoms with Crippen LogP contribution in [0.4, 0.5) is 0 Å². The second kappa shape index (κ2) is 7.09. The average molecular weight is 289 g/mol. The van der Waals surface area contributed by atoms with Crippen LogP contribution in [0.2, 0.25) is 0 Å². The molecule has 16 heavy (non-hydrogen) atoms. The van der Waals surface area contributed by atoms with Gasteiger partial charge in [0, 0.05) is 0 Å². The van der Waals surface area contributed by atoms with Crippen molar-refractivity contribution in [2.24, 2.45) is 0 Å². The van der Waals surface area contributed by atoms with E-state index >= 15 is 0 Å². The summed E-state index contributed by atoms with van der Waals surface area (Å²) in [5.74, 6) is 0.986. The summed E-state index contributed by atoms with van der Waals surface area (Å²) in [5, 5.41) is 3.45. The number of rotatable bonds is 7. The van der Waals surface area contributed by atoms with Gasteiger partial charge in [-0.2, -0.15) is 0 Å². The van der Waals surface area contributed by atoms with E-state index in [1.807, 2.05) is 12.1 Å². The molecule has 1 heterocycles. The molecule has 0 aliphatic rings. The van der Waals surface area contributed by atoms with E-state index in [-0.39, 0.29) is 6.04 Å². The smallest absolute Gasteiger partial charge is 0.169 e. The minimum absolute atomic E-state index is 0.283. The predicted octanol–water partition coefficient (Wildman–Crippen LogP) is 3.03. The lowest BCUT2D eigenvalue weighted by atomic mass is 10.2. The second-order valence-electron chi connectivity index (χ2n) is 4.33. The molecule has 1 aromatic rings. The highest BCUT2D eigenvalue weighted by Gasteiger charge is 2.08. The molecule has 0 spiro atoms. The summed E-state index contributed by atoms with van der Waals surface area (Å²) in [7, 11) is 4.22. The number of furan rings is 1. The first-order valence-corrected chi connectivity index (χ1v) is 6.52. The molecule has 1 N–H and O–H groups in total. The third kappa shape index (κ3) is 5.14. The van der Waals surface area contributed by atoms with Gasteiger partial charge >= 0.3 is 0 Å². The summed E-state index contributed by atoms with van der Waals surface area (Å²) in [6, 6.07) is 4.21. The van der Waals surface area contributed by atoms with E-state index in [4.69, 9.17) is 4.42 Å². The van der Waals surface area contributed by atoms with Crippen molar-refractivity contribution in [3.8, 4) is 0 Å². The van der Waals surface area contributed by atoms with Crippen LogP contribution in [0, 0.1) is 0 Å². The van der Waals surface area contributed by atoms with Crippen LogP contribution >= 0.6 is 15.9 Å². The van der Waals surface area contributed by atoms with E-state index in [1.165, 1.54) is 12.8 Å². The Morgan fingerprint density at radius 2 is 2.12 bits per heavy atom. The first-order chi connectivity index (χ1) is 7.59. The minimum Gasteiger partial charge on any atom is -0.453 e. The van der Waals surface area contributed by atoms with Gasteiger partial charge in [-0.3, -0.25) is 0 Å². The first kappa shape index (κ1) is 13.7. The predicted molar refractivity (Wildman–Crippen MR) is 70.6 cm³/mol.